The molecule has 1 atom stereocenters. The Balaban J connectivity index is 1.65. The topological polar surface area (TPSA) is 54.4 Å². The molecule has 2 aliphatic rings. The lowest BCUT2D eigenvalue weighted by Crippen LogP contribution is -2.45. The third kappa shape index (κ3) is 4.86. The van der Waals surface area contributed by atoms with Gasteiger partial charge in [-0.15, -0.1) is 0 Å². The van der Waals surface area contributed by atoms with E-state index in [0.717, 1.165) is 23.4 Å². The van der Waals surface area contributed by atoms with Gasteiger partial charge in [0.05, 0.1) is 30.9 Å². The molecule has 2 aromatic carbocycles. The minimum atomic E-state index is -0.0432. The highest BCUT2D eigenvalue weighted by molar-refractivity contribution is 8.18. The van der Waals surface area contributed by atoms with E-state index in [-0.39, 0.29) is 11.4 Å². The Morgan fingerprint density at radius 2 is 1.91 bits per heavy atom. The zero-order chi connectivity index (χ0) is 24.5. The predicted molar refractivity (Wildman–Crippen MR) is 141 cm³/mol. The summed E-state index contributed by atoms with van der Waals surface area (Å²) in [6.45, 7) is 7.75. The Morgan fingerprint density at radius 3 is 2.59 bits per heavy atom. The molecule has 7 heteroatoms. The van der Waals surface area contributed by atoms with Gasteiger partial charge in [-0.25, -0.2) is 4.99 Å². The van der Waals surface area contributed by atoms with Gasteiger partial charge in [-0.1, -0.05) is 13.0 Å². The van der Waals surface area contributed by atoms with E-state index in [4.69, 9.17) is 14.5 Å². The minimum Gasteiger partial charge on any atom is -0.497 e. The van der Waals surface area contributed by atoms with Crippen LogP contribution in [0.2, 0.25) is 0 Å². The molecule has 2 aliphatic heterocycles. The molecule has 1 amide bonds. The largest absolute Gasteiger partial charge is 0.497 e. The number of thioether (sulfide) groups is 1. The Bertz CT molecular complexity index is 1120. The summed E-state index contributed by atoms with van der Waals surface area (Å²) in [5.74, 6) is 1.18. The molecule has 4 rings (SSSR count). The van der Waals surface area contributed by atoms with Crippen LogP contribution in [0.15, 0.2) is 52.4 Å². The highest BCUT2D eigenvalue weighted by atomic mass is 32.2. The number of amidine groups is 1. The fraction of sp³-hybridized carbons (Fsp3) is 0.407. The minimum absolute atomic E-state index is 0.0432. The van der Waals surface area contributed by atoms with Crippen LogP contribution < -0.4 is 9.64 Å². The second kappa shape index (κ2) is 9.84. The number of nitrogens with zero attached hydrogens (tertiary/aromatic N) is 3. The number of anilines is 1. The smallest absolute Gasteiger partial charge is 0.266 e. The summed E-state index contributed by atoms with van der Waals surface area (Å²) >= 11 is 1.41. The van der Waals surface area contributed by atoms with Crippen molar-refractivity contribution < 1.29 is 14.3 Å². The lowest BCUT2D eigenvalue weighted by atomic mass is 9.80. The lowest BCUT2D eigenvalue weighted by Gasteiger charge is -2.45. The van der Waals surface area contributed by atoms with Gasteiger partial charge in [-0.3, -0.25) is 9.69 Å². The third-order valence-corrected chi connectivity index (χ3v) is 7.67. The van der Waals surface area contributed by atoms with Gasteiger partial charge in [0, 0.05) is 25.4 Å². The standard InChI is InChI=1S/C27H33N3O3S/c1-18-17-27(2,3)29(4)23-12-7-19(15-22(18)23)16-24-25(31)30(13-14-32-5)26(34-24)28-20-8-10-21(33-6)11-9-20/h7-12,15-16,18H,13-14,17H2,1-6H3/b24-16+,28-26?. The molecular weight excluding hydrogens is 446 g/mol. The molecule has 0 N–H and O–H groups in total. The first-order valence-electron chi connectivity index (χ1n) is 11.5. The number of fused-ring (bicyclic) bond motifs is 1. The fourth-order valence-electron chi connectivity index (χ4n) is 4.57. The number of aliphatic imine (C=N–C) groups is 1. The summed E-state index contributed by atoms with van der Waals surface area (Å²) in [5.41, 5.74) is 4.52. The van der Waals surface area contributed by atoms with E-state index >= 15 is 0 Å². The number of carbonyl (C=O) groups is 1. The highest BCUT2D eigenvalue weighted by Crippen LogP contribution is 2.43. The fourth-order valence-corrected chi connectivity index (χ4v) is 5.60. The number of amides is 1. The molecule has 0 bridgehead atoms. The van der Waals surface area contributed by atoms with E-state index in [1.807, 2.05) is 30.3 Å². The average molecular weight is 480 g/mol. The zero-order valence-corrected chi connectivity index (χ0v) is 21.6. The summed E-state index contributed by atoms with van der Waals surface area (Å²) in [5, 5.41) is 0.659. The van der Waals surface area contributed by atoms with Crippen molar-refractivity contribution >= 4 is 40.3 Å². The Labute approximate surface area is 206 Å². The summed E-state index contributed by atoms with van der Waals surface area (Å²) < 4.78 is 10.5. The molecule has 0 aromatic heterocycles. The monoisotopic (exact) mass is 479 g/mol. The van der Waals surface area contributed by atoms with Crippen LogP contribution >= 0.6 is 11.8 Å². The van der Waals surface area contributed by atoms with E-state index in [1.165, 1.54) is 23.0 Å². The second-order valence-electron chi connectivity index (χ2n) is 9.45. The number of hydrogen-bond acceptors (Lipinski definition) is 6. The molecule has 1 fully saturated rings. The van der Waals surface area contributed by atoms with Crippen molar-refractivity contribution in [3.05, 3.63) is 58.5 Å². The Morgan fingerprint density at radius 1 is 1.18 bits per heavy atom. The number of hydrogen-bond donors (Lipinski definition) is 0. The molecule has 1 unspecified atom stereocenters. The van der Waals surface area contributed by atoms with E-state index in [0.29, 0.717) is 29.1 Å². The van der Waals surface area contributed by atoms with Gasteiger partial charge in [0.2, 0.25) is 0 Å². The zero-order valence-electron chi connectivity index (χ0n) is 20.8. The first-order valence-corrected chi connectivity index (χ1v) is 12.4. The number of benzene rings is 2. The van der Waals surface area contributed by atoms with Gasteiger partial charge in [0.1, 0.15) is 5.75 Å². The van der Waals surface area contributed by atoms with Crippen LogP contribution in [0.25, 0.3) is 6.08 Å². The maximum absolute atomic E-state index is 13.3. The van der Waals surface area contributed by atoms with Crippen molar-refractivity contribution in [2.45, 2.75) is 38.6 Å². The molecule has 34 heavy (non-hydrogen) atoms. The van der Waals surface area contributed by atoms with E-state index in [9.17, 15) is 4.79 Å². The molecule has 180 valence electrons. The summed E-state index contributed by atoms with van der Waals surface area (Å²) in [6, 6.07) is 14.0. The van der Waals surface area contributed by atoms with Gasteiger partial charge in [0.15, 0.2) is 5.17 Å². The van der Waals surface area contributed by atoms with Gasteiger partial charge in [-0.05, 0) is 91.5 Å². The van der Waals surface area contributed by atoms with Crippen LogP contribution in [0.3, 0.4) is 0 Å². The van der Waals surface area contributed by atoms with Gasteiger partial charge < -0.3 is 14.4 Å². The molecular formula is C27H33N3O3S. The summed E-state index contributed by atoms with van der Waals surface area (Å²) in [4.78, 5) is 22.7. The Hall–Kier alpha value is -2.77. The number of carbonyl (C=O) groups excluding carboxylic acids is 1. The first-order chi connectivity index (χ1) is 16.2. The van der Waals surface area contributed by atoms with Crippen LogP contribution in [0.5, 0.6) is 5.75 Å². The third-order valence-electron chi connectivity index (χ3n) is 6.66. The van der Waals surface area contributed by atoms with Gasteiger partial charge >= 0.3 is 0 Å². The van der Waals surface area contributed by atoms with Gasteiger partial charge in [0.25, 0.3) is 5.91 Å². The quantitative estimate of drug-likeness (QED) is 0.500. The lowest BCUT2D eigenvalue weighted by molar-refractivity contribution is -0.122. The number of rotatable bonds is 6. The SMILES string of the molecule is COCCN1C(=O)/C(=C\c2ccc3c(c2)C(C)CC(C)(C)N3C)SC1=Nc1ccc(OC)cc1. The van der Waals surface area contributed by atoms with E-state index in [2.05, 4.69) is 50.9 Å². The van der Waals surface area contributed by atoms with Crippen LogP contribution in [0, 0.1) is 0 Å². The normalized spacial score (nSPS) is 21.9. The van der Waals surface area contributed by atoms with Gasteiger partial charge in [-0.2, -0.15) is 0 Å². The maximum atomic E-state index is 13.3. The molecule has 2 heterocycles. The number of methoxy groups -OCH3 is 2. The molecule has 0 aliphatic carbocycles. The molecule has 0 radical (unpaired) electrons. The summed E-state index contributed by atoms with van der Waals surface area (Å²) in [6.07, 6.45) is 3.07. The molecule has 1 saturated heterocycles. The predicted octanol–water partition coefficient (Wildman–Crippen LogP) is 5.67. The van der Waals surface area contributed by atoms with Crippen molar-refractivity contribution in [2.75, 3.05) is 39.3 Å². The van der Waals surface area contributed by atoms with E-state index < -0.39 is 0 Å². The first kappa shape index (κ1) is 24.4. The van der Waals surface area contributed by atoms with E-state index in [1.54, 1.807) is 19.1 Å². The van der Waals surface area contributed by atoms with Crippen LogP contribution in [0.4, 0.5) is 11.4 Å². The average Bonchev–Trinajstić information content (AvgIpc) is 3.10. The number of ether oxygens (including phenoxy) is 2. The van der Waals surface area contributed by atoms with Crippen LogP contribution in [-0.2, 0) is 9.53 Å². The molecule has 0 saturated carbocycles. The van der Waals surface area contributed by atoms with Crippen molar-refractivity contribution in [1.29, 1.82) is 0 Å². The van der Waals surface area contributed by atoms with Crippen molar-refractivity contribution in [3.63, 3.8) is 0 Å². The Kier molecular flexibility index (Phi) is 7.05. The maximum Gasteiger partial charge on any atom is 0.266 e. The van der Waals surface area contributed by atoms with Crippen molar-refractivity contribution in [1.82, 2.24) is 4.90 Å². The molecule has 2 aromatic rings. The van der Waals surface area contributed by atoms with Crippen LogP contribution in [-0.4, -0.2) is 55.9 Å². The van der Waals surface area contributed by atoms with Crippen molar-refractivity contribution in [3.8, 4) is 5.75 Å². The van der Waals surface area contributed by atoms with Crippen LogP contribution in [0.1, 0.15) is 44.2 Å². The summed E-state index contributed by atoms with van der Waals surface area (Å²) in [7, 11) is 5.43. The van der Waals surface area contributed by atoms with Crippen molar-refractivity contribution in [2.24, 2.45) is 4.99 Å². The molecule has 0 spiro atoms. The second-order valence-corrected chi connectivity index (χ2v) is 10.5. The highest BCUT2D eigenvalue weighted by Gasteiger charge is 2.35. The molecule has 6 nitrogen and oxygen atoms in total.